The lowest BCUT2D eigenvalue weighted by molar-refractivity contribution is 0.673. The molecule has 3 aromatic rings. The van der Waals surface area contributed by atoms with E-state index in [0.29, 0.717) is 0 Å². The van der Waals surface area contributed by atoms with E-state index >= 15 is 0 Å². The van der Waals surface area contributed by atoms with Gasteiger partial charge in [0.2, 0.25) is 0 Å². The minimum absolute atomic E-state index is 0.644. The molecule has 1 aliphatic rings. The van der Waals surface area contributed by atoms with Crippen molar-refractivity contribution in [3.63, 3.8) is 0 Å². The smallest absolute Gasteiger partial charge is 0.0829 e. The summed E-state index contributed by atoms with van der Waals surface area (Å²) in [5, 5.41) is 4.45. The van der Waals surface area contributed by atoms with Crippen LogP contribution >= 0.6 is 0 Å². The molecule has 1 fully saturated rings. The van der Waals surface area contributed by atoms with E-state index in [2.05, 4.69) is 39.2 Å². The largest absolute Gasteiger partial charge is 0.370 e. The number of anilines is 1. The first-order chi connectivity index (χ1) is 12.2. The van der Waals surface area contributed by atoms with Crippen molar-refractivity contribution in [2.75, 3.05) is 29.5 Å². The lowest BCUT2D eigenvalue weighted by Gasteiger charge is -2.28. The summed E-state index contributed by atoms with van der Waals surface area (Å²) < 4.78 is 13.3. The Morgan fingerprint density at radius 1 is 0.920 bits per heavy atom. The quantitative estimate of drug-likeness (QED) is 0.727. The Balaban J connectivity index is 1.52. The van der Waals surface area contributed by atoms with Gasteiger partial charge in [0, 0.05) is 58.5 Å². The van der Waals surface area contributed by atoms with E-state index in [1.807, 2.05) is 42.3 Å². The molecule has 0 spiro atoms. The number of aromatic nitrogens is 3. The van der Waals surface area contributed by atoms with E-state index < -0.39 is 10.8 Å². The molecule has 0 atom stereocenters. The third kappa shape index (κ3) is 3.49. The summed E-state index contributed by atoms with van der Waals surface area (Å²) >= 11 is 0. The van der Waals surface area contributed by atoms with Crippen molar-refractivity contribution < 1.29 is 4.21 Å². The Kier molecular flexibility index (Phi) is 4.36. The normalized spacial score (nSPS) is 15.5. The van der Waals surface area contributed by atoms with Crippen LogP contribution in [-0.4, -0.2) is 43.6 Å². The average molecular weight is 352 g/mol. The third-order valence-electron chi connectivity index (χ3n) is 4.49. The molecule has 2 aromatic heterocycles. The highest BCUT2D eigenvalue weighted by Crippen LogP contribution is 2.24. The Bertz CT molecular complexity index is 877. The van der Waals surface area contributed by atoms with Crippen molar-refractivity contribution in [1.29, 1.82) is 0 Å². The van der Waals surface area contributed by atoms with Crippen molar-refractivity contribution in [2.45, 2.75) is 6.92 Å². The van der Waals surface area contributed by atoms with Gasteiger partial charge in [-0.05, 0) is 36.8 Å². The van der Waals surface area contributed by atoms with E-state index in [9.17, 15) is 4.21 Å². The minimum Gasteiger partial charge on any atom is -0.370 e. The van der Waals surface area contributed by atoms with Crippen LogP contribution in [0.5, 0.6) is 0 Å². The van der Waals surface area contributed by atoms with E-state index in [4.69, 9.17) is 0 Å². The zero-order chi connectivity index (χ0) is 17.2. The Hall–Kier alpha value is -2.47. The van der Waals surface area contributed by atoms with Crippen molar-refractivity contribution in [3.8, 4) is 16.8 Å². The fourth-order valence-corrected chi connectivity index (χ4v) is 4.02. The fraction of sp³-hybridized carbons (Fsp3) is 0.263. The number of benzene rings is 1. The number of nitrogens with zero attached hydrogens (tertiary/aromatic N) is 4. The van der Waals surface area contributed by atoms with Gasteiger partial charge in [-0.15, -0.1) is 0 Å². The van der Waals surface area contributed by atoms with Gasteiger partial charge >= 0.3 is 0 Å². The van der Waals surface area contributed by atoms with Crippen LogP contribution in [0.1, 0.15) is 5.69 Å². The number of aryl methyl sites for hydroxylation is 1. The van der Waals surface area contributed by atoms with Gasteiger partial charge in [0.15, 0.2) is 0 Å². The highest BCUT2D eigenvalue weighted by molar-refractivity contribution is 7.85. The molecule has 0 saturated carbocycles. The molecule has 0 aliphatic carbocycles. The standard InChI is InChI=1S/C19H20N4OS/c1-15-2-5-19(13-20-15)23-14-17(12-21-23)16-3-6-18(7-4-16)22-8-10-25(24)11-9-22/h2-7,12-14H,8-11H2,1H3. The predicted octanol–water partition coefficient (Wildman–Crippen LogP) is 2.81. The zero-order valence-corrected chi connectivity index (χ0v) is 14.9. The second kappa shape index (κ2) is 6.80. The summed E-state index contributed by atoms with van der Waals surface area (Å²) in [5.41, 5.74) is 5.35. The van der Waals surface area contributed by atoms with Crippen LogP contribution in [0, 0.1) is 6.92 Å². The average Bonchev–Trinajstić information content (AvgIpc) is 3.13. The van der Waals surface area contributed by atoms with E-state index in [1.165, 1.54) is 5.69 Å². The molecular weight excluding hydrogens is 332 g/mol. The predicted molar refractivity (Wildman–Crippen MR) is 102 cm³/mol. The first-order valence-corrected chi connectivity index (χ1v) is 9.86. The first kappa shape index (κ1) is 16.0. The molecule has 1 aliphatic heterocycles. The fourth-order valence-electron chi connectivity index (χ4n) is 2.97. The molecule has 4 rings (SSSR count). The highest BCUT2D eigenvalue weighted by Gasteiger charge is 2.15. The molecule has 0 unspecified atom stereocenters. The van der Waals surface area contributed by atoms with Crippen molar-refractivity contribution >= 4 is 16.5 Å². The SMILES string of the molecule is Cc1ccc(-n2cc(-c3ccc(N4CCS(=O)CC4)cc3)cn2)cn1. The van der Waals surface area contributed by atoms with Gasteiger partial charge in [0.05, 0.1) is 18.1 Å². The van der Waals surface area contributed by atoms with Crippen LogP contribution in [0.15, 0.2) is 55.0 Å². The Morgan fingerprint density at radius 2 is 1.64 bits per heavy atom. The molecule has 3 heterocycles. The van der Waals surface area contributed by atoms with Gasteiger partial charge in [-0.25, -0.2) is 4.68 Å². The monoisotopic (exact) mass is 352 g/mol. The molecule has 128 valence electrons. The Labute approximate surface area is 149 Å². The second-order valence-electron chi connectivity index (χ2n) is 6.21. The molecule has 5 nitrogen and oxygen atoms in total. The molecule has 0 bridgehead atoms. The summed E-state index contributed by atoms with van der Waals surface area (Å²) in [6.07, 6.45) is 5.72. The molecule has 6 heteroatoms. The lowest BCUT2D eigenvalue weighted by Crippen LogP contribution is -2.37. The molecule has 0 N–H and O–H groups in total. The highest BCUT2D eigenvalue weighted by atomic mass is 32.2. The number of rotatable bonds is 3. The first-order valence-electron chi connectivity index (χ1n) is 8.37. The van der Waals surface area contributed by atoms with Crippen molar-refractivity contribution in [1.82, 2.24) is 14.8 Å². The van der Waals surface area contributed by atoms with Gasteiger partial charge in [0.25, 0.3) is 0 Å². The summed E-state index contributed by atoms with van der Waals surface area (Å²) in [6, 6.07) is 12.5. The van der Waals surface area contributed by atoms with Crippen LogP contribution in [0.4, 0.5) is 5.69 Å². The Morgan fingerprint density at radius 3 is 2.32 bits per heavy atom. The second-order valence-corrected chi connectivity index (χ2v) is 7.91. The third-order valence-corrected chi connectivity index (χ3v) is 5.76. The maximum absolute atomic E-state index is 11.5. The topological polar surface area (TPSA) is 51.0 Å². The van der Waals surface area contributed by atoms with Gasteiger partial charge in [-0.3, -0.25) is 9.19 Å². The van der Waals surface area contributed by atoms with Gasteiger partial charge in [-0.2, -0.15) is 5.10 Å². The van der Waals surface area contributed by atoms with Crippen LogP contribution in [-0.2, 0) is 10.8 Å². The summed E-state index contributed by atoms with van der Waals surface area (Å²) in [7, 11) is -0.644. The molecule has 1 saturated heterocycles. The van der Waals surface area contributed by atoms with Gasteiger partial charge in [-0.1, -0.05) is 12.1 Å². The molecule has 0 radical (unpaired) electrons. The van der Waals surface area contributed by atoms with Gasteiger partial charge < -0.3 is 4.90 Å². The van der Waals surface area contributed by atoms with E-state index in [-0.39, 0.29) is 0 Å². The van der Waals surface area contributed by atoms with Crippen LogP contribution in [0.3, 0.4) is 0 Å². The minimum atomic E-state index is -0.644. The lowest BCUT2D eigenvalue weighted by atomic mass is 10.1. The number of hydrogen-bond donors (Lipinski definition) is 0. The van der Waals surface area contributed by atoms with E-state index in [1.54, 1.807) is 0 Å². The summed E-state index contributed by atoms with van der Waals surface area (Å²) in [6.45, 7) is 3.70. The molecule has 1 aromatic carbocycles. The molecule has 25 heavy (non-hydrogen) atoms. The number of pyridine rings is 1. The molecule has 0 amide bonds. The van der Waals surface area contributed by atoms with Crippen molar-refractivity contribution in [2.24, 2.45) is 0 Å². The van der Waals surface area contributed by atoms with Crippen molar-refractivity contribution in [3.05, 3.63) is 60.7 Å². The van der Waals surface area contributed by atoms with Gasteiger partial charge in [0.1, 0.15) is 0 Å². The van der Waals surface area contributed by atoms with Crippen LogP contribution < -0.4 is 4.90 Å². The maximum Gasteiger partial charge on any atom is 0.0829 e. The molecular formula is C19H20N4OS. The zero-order valence-electron chi connectivity index (χ0n) is 14.1. The van der Waals surface area contributed by atoms with E-state index in [0.717, 1.165) is 47.1 Å². The maximum atomic E-state index is 11.5. The summed E-state index contributed by atoms with van der Waals surface area (Å²) in [5.74, 6) is 1.53. The van der Waals surface area contributed by atoms with Crippen LogP contribution in [0.2, 0.25) is 0 Å². The van der Waals surface area contributed by atoms with Crippen LogP contribution in [0.25, 0.3) is 16.8 Å². The summed E-state index contributed by atoms with van der Waals surface area (Å²) in [4.78, 5) is 6.62. The number of hydrogen-bond acceptors (Lipinski definition) is 4.